The van der Waals surface area contributed by atoms with E-state index in [4.69, 9.17) is 10.5 Å². The van der Waals surface area contributed by atoms with Crippen LogP contribution in [0.25, 0.3) is 0 Å². The van der Waals surface area contributed by atoms with E-state index in [2.05, 4.69) is 0 Å². The average Bonchev–Trinajstić information content (AvgIpc) is 2.45. The molecule has 2 N–H and O–H groups in total. The Morgan fingerprint density at radius 1 is 1.23 bits per heavy atom. The first-order chi connectivity index (χ1) is 10.2. The summed E-state index contributed by atoms with van der Waals surface area (Å²) >= 11 is 0. The zero-order valence-corrected chi connectivity index (χ0v) is 14.5. The SMILES string of the molecule is CCN(CC)C(=O)N1CCN(C(=O)OC(C)(C)C)CC1CN. The van der Waals surface area contributed by atoms with Crippen molar-refractivity contribution < 1.29 is 14.3 Å². The van der Waals surface area contributed by atoms with Crippen LogP contribution < -0.4 is 5.73 Å². The summed E-state index contributed by atoms with van der Waals surface area (Å²) in [6.07, 6.45) is -0.346. The van der Waals surface area contributed by atoms with Gasteiger partial charge in [-0.3, -0.25) is 0 Å². The standard InChI is InChI=1S/C15H30N4O3/c1-6-17(7-2)13(20)19-9-8-18(11-12(19)10-16)14(21)22-15(3,4)5/h12H,6-11,16H2,1-5H3. The Morgan fingerprint density at radius 3 is 2.27 bits per heavy atom. The van der Waals surface area contributed by atoms with E-state index in [0.29, 0.717) is 39.3 Å². The third-order valence-corrected chi connectivity index (χ3v) is 3.69. The van der Waals surface area contributed by atoms with Crippen LogP contribution in [-0.2, 0) is 4.74 Å². The van der Waals surface area contributed by atoms with Gasteiger partial charge in [0.05, 0.1) is 6.04 Å². The highest BCUT2D eigenvalue weighted by molar-refractivity contribution is 5.75. The van der Waals surface area contributed by atoms with E-state index in [0.717, 1.165) is 0 Å². The molecular formula is C15H30N4O3. The number of nitrogens with zero attached hydrogens (tertiary/aromatic N) is 3. The van der Waals surface area contributed by atoms with Gasteiger partial charge in [0.2, 0.25) is 0 Å². The number of nitrogens with two attached hydrogens (primary N) is 1. The summed E-state index contributed by atoms with van der Waals surface area (Å²) in [5, 5.41) is 0. The molecule has 1 rings (SSSR count). The second kappa shape index (κ2) is 7.67. The Kier molecular flexibility index (Phi) is 6.47. The smallest absolute Gasteiger partial charge is 0.410 e. The van der Waals surface area contributed by atoms with E-state index < -0.39 is 5.60 Å². The molecule has 7 nitrogen and oxygen atoms in total. The number of ether oxygens (including phenoxy) is 1. The third-order valence-electron chi connectivity index (χ3n) is 3.69. The lowest BCUT2D eigenvalue weighted by Crippen LogP contribution is -2.61. The van der Waals surface area contributed by atoms with Crippen LogP contribution >= 0.6 is 0 Å². The van der Waals surface area contributed by atoms with Gasteiger partial charge in [-0.1, -0.05) is 0 Å². The van der Waals surface area contributed by atoms with Crippen LogP contribution in [0.1, 0.15) is 34.6 Å². The van der Waals surface area contributed by atoms with Crippen molar-refractivity contribution in [1.29, 1.82) is 0 Å². The van der Waals surface area contributed by atoms with Crippen LogP contribution in [0.15, 0.2) is 0 Å². The van der Waals surface area contributed by atoms with E-state index in [9.17, 15) is 9.59 Å². The molecular weight excluding hydrogens is 284 g/mol. The van der Waals surface area contributed by atoms with E-state index >= 15 is 0 Å². The van der Waals surface area contributed by atoms with Crippen molar-refractivity contribution in [3.05, 3.63) is 0 Å². The molecule has 1 atom stereocenters. The summed E-state index contributed by atoms with van der Waals surface area (Å²) in [5.41, 5.74) is 5.29. The van der Waals surface area contributed by atoms with Crippen LogP contribution in [0.4, 0.5) is 9.59 Å². The number of rotatable bonds is 3. The molecule has 1 aliphatic rings. The van der Waals surface area contributed by atoms with Crippen LogP contribution in [0.3, 0.4) is 0 Å². The summed E-state index contributed by atoms with van der Waals surface area (Å²) in [6.45, 7) is 12.4. The lowest BCUT2D eigenvalue weighted by atomic mass is 10.1. The van der Waals surface area contributed by atoms with Crippen molar-refractivity contribution in [2.24, 2.45) is 5.73 Å². The number of hydrogen-bond acceptors (Lipinski definition) is 4. The first-order valence-electron chi connectivity index (χ1n) is 7.97. The molecule has 3 amide bonds. The molecule has 1 fully saturated rings. The predicted octanol–water partition coefficient (Wildman–Crippen LogP) is 1.33. The van der Waals surface area contributed by atoms with Crippen molar-refractivity contribution in [3.63, 3.8) is 0 Å². The lowest BCUT2D eigenvalue weighted by Gasteiger charge is -2.42. The number of amides is 3. The van der Waals surface area contributed by atoms with E-state index in [1.165, 1.54) is 0 Å². The second-order valence-corrected chi connectivity index (χ2v) is 6.46. The van der Waals surface area contributed by atoms with Crippen molar-refractivity contribution in [1.82, 2.24) is 14.7 Å². The summed E-state index contributed by atoms with van der Waals surface area (Å²) in [5.74, 6) is 0. The largest absolute Gasteiger partial charge is 0.444 e. The van der Waals surface area contributed by atoms with Gasteiger partial charge >= 0.3 is 12.1 Å². The van der Waals surface area contributed by atoms with E-state index in [1.54, 1.807) is 14.7 Å². The first-order valence-corrected chi connectivity index (χ1v) is 7.97. The molecule has 1 unspecified atom stereocenters. The van der Waals surface area contributed by atoms with Crippen LogP contribution in [0.2, 0.25) is 0 Å². The molecule has 22 heavy (non-hydrogen) atoms. The minimum Gasteiger partial charge on any atom is -0.444 e. The molecule has 0 aromatic heterocycles. The Bertz CT molecular complexity index is 391. The fraction of sp³-hybridized carbons (Fsp3) is 0.867. The normalized spacial score (nSPS) is 19.1. The number of carbonyl (C=O) groups excluding carboxylic acids is 2. The van der Waals surface area contributed by atoms with Crippen molar-refractivity contribution in [2.75, 3.05) is 39.3 Å². The van der Waals surface area contributed by atoms with Crippen molar-refractivity contribution >= 4 is 12.1 Å². The Hall–Kier alpha value is -1.50. The zero-order chi connectivity index (χ0) is 16.9. The highest BCUT2D eigenvalue weighted by Crippen LogP contribution is 2.16. The summed E-state index contributed by atoms with van der Waals surface area (Å²) in [4.78, 5) is 29.8. The molecule has 0 aromatic rings. The fourth-order valence-electron chi connectivity index (χ4n) is 2.48. The molecule has 0 aromatic carbocycles. The molecule has 0 bridgehead atoms. The molecule has 0 radical (unpaired) electrons. The molecule has 0 saturated carbocycles. The Balaban J connectivity index is 2.71. The molecule has 1 aliphatic heterocycles. The van der Waals surface area contributed by atoms with E-state index in [-0.39, 0.29) is 18.2 Å². The topological polar surface area (TPSA) is 79.1 Å². The van der Waals surface area contributed by atoms with Crippen molar-refractivity contribution in [3.8, 4) is 0 Å². The minimum atomic E-state index is -0.524. The van der Waals surface area contributed by atoms with Crippen LogP contribution in [0.5, 0.6) is 0 Å². The van der Waals surface area contributed by atoms with Gasteiger partial charge in [0.1, 0.15) is 5.60 Å². The van der Waals surface area contributed by atoms with Gasteiger partial charge in [0, 0.05) is 39.3 Å². The molecule has 0 aliphatic carbocycles. The summed E-state index contributed by atoms with van der Waals surface area (Å²) < 4.78 is 5.39. The maximum atomic E-state index is 12.5. The number of piperazine rings is 1. The zero-order valence-electron chi connectivity index (χ0n) is 14.5. The number of urea groups is 1. The summed E-state index contributed by atoms with van der Waals surface area (Å²) in [6, 6.07) is -0.182. The van der Waals surface area contributed by atoms with Gasteiger partial charge in [0.15, 0.2) is 0 Å². The maximum absolute atomic E-state index is 12.5. The summed E-state index contributed by atoms with van der Waals surface area (Å²) in [7, 11) is 0. The quantitative estimate of drug-likeness (QED) is 0.852. The first kappa shape index (κ1) is 18.5. The minimum absolute atomic E-state index is 0.00992. The number of carbonyl (C=O) groups is 2. The monoisotopic (exact) mass is 314 g/mol. The lowest BCUT2D eigenvalue weighted by molar-refractivity contribution is 0.00775. The molecule has 7 heteroatoms. The van der Waals surface area contributed by atoms with Gasteiger partial charge in [0.25, 0.3) is 0 Å². The van der Waals surface area contributed by atoms with Gasteiger partial charge in [-0.25, -0.2) is 9.59 Å². The molecule has 1 heterocycles. The average molecular weight is 314 g/mol. The third kappa shape index (κ3) is 4.76. The molecule has 0 spiro atoms. The molecule has 128 valence electrons. The Labute approximate surface area is 133 Å². The maximum Gasteiger partial charge on any atom is 0.410 e. The van der Waals surface area contributed by atoms with Crippen LogP contribution in [-0.4, -0.2) is 77.7 Å². The van der Waals surface area contributed by atoms with Crippen molar-refractivity contribution in [2.45, 2.75) is 46.3 Å². The predicted molar refractivity (Wildman–Crippen MR) is 85.7 cm³/mol. The molecule has 1 saturated heterocycles. The van der Waals surface area contributed by atoms with Gasteiger partial charge < -0.3 is 25.2 Å². The van der Waals surface area contributed by atoms with E-state index in [1.807, 2.05) is 34.6 Å². The van der Waals surface area contributed by atoms with Gasteiger partial charge in [-0.15, -0.1) is 0 Å². The highest BCUT2D eigenvalue weighted by Gasteiger charge is 2.34. The highest BCUT2D eigenvalue weighted by atomic mass is 16.6. The van der Waals surface area contributed by atoms with Gasteiger partial charge in [-0.05, 0) is 34.6 Å². The Morgan fingerprint density at radius 2 is 1.82 bits per heavy atom. The van der Waals surface area contributed by atoms with Gasteiger partial charge in [-0.2, -0.15) is 0 Å². The second-order valence-electron chi connectivity index (χ2n) is 6.46. The van der Waals surface area contributed by atoms with Crippen LogP contribution in [0, 0.1) is 0 Å². The fourth-order valence-corrected chi connectivity index (χ4v) is 2.48. The number of hydrogen-bond donors (Lipinski definition) is 1.